The van der Waals surface area contributed by atoms with Crippen LogP contribution in [0, 0.1) is 6.92 Å². The second-order valence-electron chi connectivity index (χ2n) is 8.67. The first-order valence-corrected chi connectivity index (χ1v) is 13.0. The van der Waals surface area contributed by atoms with E-state index in [-0.39, 0.29) is 5.75 Å². The number of hydrogen-bond donors (Lipinski definition) is 1. The van der Waals surface area contributed by atoms with Gasteiger partial charge in [-0.2, -0.15) is 0 Å². The van der Waals surface area contributed by atoms with Crippen molar-refractivity contribution in [2.75, 3.05) is 0 Å². The number of aromatic nitrogens is 1. The Balaban J connectivity index is 0.00000116. The maximum atomic E-state index is 12.8. The third kappa shape index (κ3) is 10.0. The van der Waals surface area contributed by atoms with E-state index in [9.17, 15) is 23.1 Å². The summed E-state index contributed by atoms with van der Waals surface area (Å²) in [6.07, 6.45) is 1.54. The smallest absolute Gasteiger partial charge is 0.478 e. The van der Waals surface area contributed by atoms with Gasteiger partial charge in [-0.05, 0) is 82.0 Å². The molecule has 0 bridgehead atoms. The van der Waals surface area contributed by atoms with Crippen LogP contribution in [0.5, 0.6) is 11.5 Å². The predicted molar refractivity (Wildman–Crippen MR) is 152 cm³/mol. The predicted octanol–water partition coefficient (Wildman–Crippen LogP) is 9.04. The third-order valence-electron chi connectivity index (χ3n) is 5.47. The van der Waals surface area contributed by atoms with Crippen LogP contribution in [0.3, 0.4) is 0 Å². The summed E-state index contributed by atoms with van der Waals surface area (Å²) >= 11 is 5.01. The highest BCUT2D eigenvalue weighted by atomic mass is 35.5. The summed E-state index contributed by atoms with van der Waals surface area (Å²) in [6.45, 7) is 13.0. The summed E-state index contributed by atoms with van der Waals surface area (Å²) in [5.41, 5.74) is 3.43. The minimum absolute atomic E-state index is 0.286. The fourth-order valence-electron chi connectivity index (χ4n) is 3.65. The van der Waals surface area contributed by atoms with Gasteiger partial charge in [-0.1, -0.05) is 55.8 Å². The number of aliphatic carboxylic acids is 1. The van der Waals surface area contributed by atoms with E-state index in [1.54, 1.807) is 30.3 Å². The minimum atomic E-state index is -4.78. The SMILES string of the molecule is C/C=C/Cl.C/C=C\Cc1c(C)n(Cc2cccc(OC(C)(C)C(=O)O)c2)c2cc(OC(F)(F)F)ccc12.CC. The highest BCUT2D eigenvalue weighted by Crippen LogP contribution is 2.33. The van der Waals surface area contributed by atoms with E-state index in [1.807, 2.05) is 57.4 Å². The number of carbonyl (C=O) groups is 1. The molecule has 0 atom stereocenters. The van der Waals surface area contributed by atoms with Crippen LogP contribution in [0.25, 0.3) is 10.9 Å². The first-order valence-electron chi connectivity index (χ1n) is 12.5. The molecule has 1 heterocycles. The first kappa shape index (κ1) is 33.6. The standard InChI is InChI=1S/C25H26F3NO4.C3H5Cl.C2H6/c1-5-6-10-20-16(2)29(22-14-19(11-12-21(20)22)33-25(26,27)28)15-17-8-7-9-18(13-17)32-24(3,4)23(30)31;1-2-3-4;1-2/h5-9,11-14H,10,15H2,1-4H3,(H,30,31);2-3H,1H3;1-2H3/b6-5-;3-2+;. The zero-order chi connectivity index (χ0) is 29.8. The van der Waals surface area contributed by atoms with Crippen LogP contribution < -0.4 is 9.47 Å². The van der Waals surface area contributed by atoms with Gasteiger partial charge in [0.05, 0.1) is 5.52 Å². The van der Waals surface area contributed by atoms with Crippen LogP contribution in [0.15, 0.2) is 66.2 Å². The Morgan fingerprint density at radius 1 is 1.03 bits per heavy atom. The molecule has 0 saturated carbocycles. The number of hydrogen-bond acceptors (Lipinski definition) is 3. The van der Waals surface area contributed by atoms with Gasteiger partial charge < -0.3 is 19.1 Å². The van der Waals surface area contributed by atoms with Crippen LogP contribution >= 0.6 is 11.6 Å². The van der Waals surface area contributed by atoms with Gasteiger partial charge in [0.2, 0.25) is 0 Å². The van der Waals surface area contributed by atoms with E-state index in [2.05, 4.69) is 4.74 Å². The average molecular weight is 568 g/mol. The molecule has 0 radical (unpaired) electrons. The summed E-state index contributed by atoms with van der Waals surface area (Å²) in [5, 5.41) is 10.2. The van der Waals surface area contributed by atoms with Crippen molar-refractivity contribution in [1.82, 2.24) is 4.57 Å². The van der Waals surface area contributed by atoms with Gasteiger partial charge in [-0.15, -0.1) is 13.2 Å². The Labute approximate surface area is 233 Å². The topological polar surface area (TPSA) is 60.7 Å². The molecule has 0 spiro atoms. The van der Waals surface area contributed by atoms with Gasteiger partial charge in [-0.25, -0.2) is 4.79 Å². The fourth-order valence-corrected chi connectivity index (χ4v) is 3.65. The molecule has 0 aliphatic rings. The van der Waals surface area contributed by atoms with E-state index < -0.39 is 17.9 Å². The van der Waals surface area contributed by atoms with Gasteiger partial charge in [0.25, 0.3) is 0 Å². The molecular formula is C30H37ClF3NO4. The number of carboxylic acids is 1. The lowest BCUT2D eigenvalue weighted by Gasteiger charge is -2.22. The van der Waals surface area contributed by atoms with E-state index in [0.29, 0.717) is 24.2 Å². The van der Waals surface area contributed by atoms with Crippen LogP contribution in [-0.2, 0) is 17.8 Å². The molecule has 1 N–H and O–H groups in total. The number of fused-ring (bicyclic) bond motifs is 1. The molecule has 1 aromatic heterocycles. The Morgan fingerprint density at radius 3 is 2.18 bits per heavy atom. The van der Waals surface area contributed by atoms with E-state index in [1.165, 1.54) is 31.5 Å². The molecular weight excluding hydrogens is 531 g/mol. The van der Waals surface area contributed by atoms with Gasteiger partial charge in [0.15, 0.2) is 5.60 Å². The number of nitrogens with zero attached hydrogens (tertiary/aromatic N) is 1. The maximum absolute atomic E-state index is 12.8. The molecule has 0 saturated heterocycles. The number of halogens is 4. The third-order valence-corrected chi connectivity index (χ3v) is 5.72. The second kappa shape index (κ2) is 15.3. The molecule has 2 aromatic carbocycles. The van der Waals surface area contributed by atoms with E-state index >= 15 is 0 Å². The lowest BCUT2D eigenvalue weighted by atomic mass is 10.1. The average Bonchev–Trinajstić information content (AvgIpc) is 3.12. The molecule has 9 heteroatoms. The van der Waals surface area contributed by atoms with Crippen LogP contribution in [-0.4, -0.2) is 27.6 Å². The van der Waals surface area contributed by atoms with Crippen molar-refractivity contribution < 1.29 is 32.5 Å². The summed E-state index contributed by atoms with van der Waals surface area (Å²) in [6, 6.07) is 11.4. The van der Waals surface area contributed by atoms with E-state index in [4.69, 9.17) is 16.3 Å². The molecule has 5 nitrogen and oxygen atoms in total. The van der Waals surface area contributed by atoms with Crippen LogP contribution in [0.2, 0.25) is 0 Å². The number of carboxylic acid groups (broad SMARTS) is 1. The molecule has 0 aliphatic carbocycles. The zero-order valence-corrected chi connectivity index (χ0v) is 24.2. The van der Waals surface area contributed by atoms with Gasteiger partial charge in [0.1, 0.15) is 11.5 Å². The van der Waals surface area contributed by atoms with Crippen molar-refractivity contribution in [3.63, 3.8) is 0 Å². The normalized spacial score (nSPS) is 11.7. The lowest BCUT2D eigenvalue weighted by molar-refractivity contribution is -0.274. The molecule has 0 aliphatic heterocycles. The minimum Gasteiger partial charge on any atom is -0.478 e. The number of ether oxygens (including phenoxy) is 2. The Morgan fingerprint density at radius 2 is 1.64 bits per heavy atom. The summed E-state index contributed by atoms with van der Waals surface area (Å²) in [5.74, 6) is -0.984. The molecule has 0 fully saturated rings. The monoisotopic (exact) mass is 567 g/mol. The second-order valence-corrected chi connectivity index (χ2v) is 8.93. The number of allylic oxidation sites excluding steroid dienone is 3. The molecule has 214 valence electrons. The molecule has 3 rings (SSSR count). The highest BCUT2D eigenvalue weighted by molar-refractivity contribution is 6.25. The quantitative estimate of drug-likeness (QED) is 0.276. The van der Waals surface area contributed by atoms with Crippen molar-refractivity contribution in [3.05, 3.63) is 83.0 Å². The first-order chi connectivity index (χ1) is 18.3. The fraction of sp³-hybridized carbons (Fsp3) is 0.367. The molecule has 3 aromatic rings. The highest BCUT2D eigenvalue weighted by Gasteiger charge is 2.31. The number of alkyl halides is 3. The summed E-state index contributed by atoms with van der Waals surface area (Å²) in [7, 11) is 0. The lowest BCUT2D eigenvalue weighted by Crippen LogP contribution is -2.37. The Bertz CT molecular complexity index is 1270. The van der Waals surface area contributed by atoms with Gasteiger partial charge in [-0.3, -0.25) is 0 Å². The maximum Gasteiger partial charge on any atom is 0.573 e. The van der Waals surface area contributed by atoms with Crippen molar-refractivity contribution in [2.24, 2.45) is 0 Å². The Hall–Kier alpha value is -3.39. The zero-order valence-electron chi connectivity index (χ0n) is 23.4. The number of benzene rings is 2. The van der Waals surface area contributed by atoms with Gasteiger partial charge in [0, 0.05) is 23.7 Å². The summed E-state index contributed by atoms with van der Waals surface area (Å²) in [4.78, 5) is 11.4. The van der Waals surface area contributed by atoms with Crippen LogP contribution in [0.1, 0.15) is 58.4 Å². The van der Waals surface area contributed by atoms with E-state index in [0.717, 1.165) is 22.2 Å². The Kier molecular flexibility index (Phi) is 13.2. The number of rotatable bonds is 8. The summed E-state index contributed by atoms with van der Waals surface area (Å²) < 4.78 is 50.0. The van der Waals surface area contributed by atoms with Gasteiger partial charge >= 0.3 is 12.3 Å². The van der Waals surface area contributed by atoms with Crippen molar-refractivity contribution in [2.45, 2.75) is 73.4 Å². The van der Waals surface area contributed by atoms with Crippen molar-refractivity contribution in [3.8, 4) is 11.5 Å². The molecule has 0 unspecified atom stereocenters. The molecule has 39 heavy (non-hydrogen) atoms. The van der Waals surface area contributed by atoms with Crippen molar-refractivity contribution >= 4 is 28.5 Å². The largest absolute Gasteiger partial charge is 0.573 e. The molecule has 0 amide bonds. The van der Waals surface area contributed by atoms with Crippen molar-refractivity contribution in [1.29, 1.82) is 0 Å². The van der Waals surface area contributed by atoms with Crippen LogP contribution in [0.4, 0.5) is 13.2 Å².